The van der Waals surface area contributed by atoms with Crippen molar-refractivity contribution in [3.05, 3.63) is 68.7 Å². The number of rotatable bonds is 2. The number of hydrogen-bond donors (Lipinski definition) is 1. The lowest BCUT2D eigenvalue weighted by Crippen LogP contribution is -2.36. The molecular weight excluding hydrogens is 303 g/mol. The van der Waals surface area contributed by atoms with E-state index in [1.165, 1.54) is 0 Å². The van der Waals surface area contributed by atoms with Crippen LogP contribution in [0.4, 0.5) is 0 Å². The van der Waals surface area contributed by atoms with Gasteiger partial charge in [-0.05, 0) is 29.8 Å². The molecule has 0 heterocycles. The third-order valence-corrected chi connectivity index (χ3v) is 3.71. The van der Waals surface area contributed by atoms with Crippen LogP contribution < -0.4 is 5.73 Å². The Kier molecular flexibility index (Phi) is 4.03. The standard InChI is InChI=1S/C14H9Cl3N2/c15-10-6-4-9(5-7-10)14(19,8-18)13-11(16)2-1-3-12(13)17/h1-7H,19H2. The Bertz CT molecular complexity index is 626. The van der Waals surface area contributed by atoms with Gasteiger partial charge in [-0.2, -0.15) is 5.26 Å². The zero-order valence-corrected chi connectivity index (χ0v) is 12.0. The molecule has 5 heteroatoms. The molecule has 0 aromatic heterocycles. The molecule has 2 nitrogen and oxygen atoms in total. The van der Waals surface area contributed by atoms with E-state index in [1.54, 1.807) is 42.5 Å². The summed E-state index contributed by atoms with van der Waals surface area (Å²) in [6, 6.07) is 13.8. The van der Waals surface area contributed by atoms with Gasteiger partial charge >= 0.3 is 0 Å². The normalized spacial score (nSPS) is 13.6. The van der Waals surface area contributed by atoms with Crippen molar-refractivity contribution in [3.8, 4) is 6.07 Å². The van der Waals surface area contributed by atoms with Crippen molar-refractivity contribution < 1.29 is 0 Å². The van der Waals surface area contributed by atoms with Gasteiger partial charge in [0.15, 0.2) is 5.54 Å². The van der Waals surface area contributed by atoms with Gasteiger partial charge in [-0.15, -0.1) is 0 Å². The fourth-order valence-corrected chi connectivity index (χ4v) is 2.67. The third kappa shape index (κ3) is 2.56. The molecule has 19 heavy (non-hydrogen) atoms. The largest absolute Gasteiger partial charge is 0.306 e. The Morgan fingerprint density at radius 2 is 1.47 bits per heavy atom. The van der Waals surface area contributed by atoms with Gasteiger partial charge < -0.3 is 5.73 Å². The van der Waals surface area contributed by atoms with Crippen LogP contribution in [0.3, 0.4) is 0 Å². The number of halogens is 3. The van der Waals surface area contributed by atoms with Gasteiger partial charge in [0.1, 0.15) is 0 Å². The van der Waals surface area contributed by atoms with Gasteiger partial charge in [0, 0.05) is 20.6 Å². The molecule has 0 spiro atoms. The number of nitriles is 1. The fraction of sp³-hybridized carbons (Fsp3) is 0.0714. The second kappa shape index (κ2) is 5.40. The van der Waals surface area contributed by atoms with E-state index >= 15 is 0 Å². The van der Waals surface area contributed by atoms with Crippen molar-refractivity contribution in [2.45, 2.75) is 5.54 Å². The zero-order valence-electron chi connectivity index (χ0n) is 9.70. The Hall–Kier alpha value is -1.24. The smallest absolute Gasteiger partial charge is 0.158 e. The van der Waals surface area contributed by atoms with Gasteiger partial charge in [0.2, 0.25) is 0 Å². The highest BCUT2D eigenvalue weighted by Gasteiger charge is 2.33. The molecule has 0 amide bonds. The quantitative estimate of drug-likeness (QED) is 0.895. The van der Waals surface area contributed by atoms with E-state index in [2.05, 4.69) is 6.07 Å². The molecular formula is C14H9Cl3N2. The van der Waals surface area contributed by atoms with E-state index in [1.807, 2.05) is 0 Å². The summed E-state index contributed by atoms with van der Waals surface area (Å²) in [5.74, 6) is 0. The predicted molar refractivity (Wildman–Crippen MR) is 78.5 cm³/mol. The number of hydrogen-bond acceptors (Lipinski definition) is 2. The summed E-state index contributed by atoms with van der Waals surface area (Å²) >= 11 is 18.1. The Morgan fingerprint density at radius 3 is 1.95 bits per heavy atom. The summed E-state index contributed by atoms with van der Waals surface area (Å²) in [7, 11) is 0. The van der Waals surface area contributed by atoms with E-state index in [9.17, 15) is 5.26 Å². The lowest BCUT2D eigenvalue weighted by atomic mass is 9.85. The molecule has 2 aromatic rings. The molecule has 0 aliphatic heterocycles. The van der Waals surface area contributed by atoms with Crippen LogP contribution in [0.5, 0.6) is 0 Å². The van der Waals surface area contributed by atoms with Crippen molar-refractivity contribution >= 4 is 34.8 Å². The topological polar surface area (TPSA) is 49.8 Å². The lowest BCUT2D eigenvalue weighted by Gasteiger charge is -2.25. The van der Waals surface area contributed by atoms with Crippen LogP contribution in [0.1, 0.15) is 11.1 Å². The average molecular weight is 312 g/mol. The van der Waals surface area contributed by atoms with E-state index in [0.717, 1.165) is 0 Å². The average Bonchev–Trinajstić information content (AvgIpc) is 2.39. The summed E-state index contributed by atoms with van der Waals surface area (Å²) in [5, 5.41) is 10.8. The minimum absolute atomic E-state index is 0.353. The molecule has 96 valence electrons. The van der Waals surface area contributed by atoms with Crippen LogP contribution in [0.25, 0.3) is 0 Å². The molecule has 0 aliphatic rings. The highest BCUT2D eigenvalue weighted by molar-refractivity contribution is 6.36. The summed E-state index contributed by atoms with van der Waals surface area (Å²) in [6.45, 7) is 0. The lowest BCUT2D eigenvalue weighted by molar-refractivity contribution is 0.698. The molecule has 1 atom stereocenters. The van der Waals surface area contributed by atoms with Gasteiger partial charge in [0.05, 0.1) is 6.07 Å². The summed E-state index contributed by atoms with van der Waals surface area (Å²) in [5.41, 5.74) is 5.77. The van der Waals surface area contributed by atoms with Crippen LogP contribution in [0.2, 0.25) is 15.1 Å². The van der Waals surface area contributed by atoms with Crippen molar-refractivity contribution in [3.63, 3.8) is 0 Å². The first-order chi connectivity index (χ1) is 8.99. The number of nitrogens with two attached hydrogens (primary N) is 1. The molecule has 0 radical (unpaired) electrons. The molecule has 2 rings (SSSR count). The number of benzene rings is 2. The first kappa shape index (κ1) is 14.2. The van der Waals surface area contributed by atoms with Crippen LogP contribution in [-0.4, -0.2) is 0 Å². The zero-order chi connectivity index (χ0) is 14.0. The van der Waals surface area contributed by atoms with E-state index < -0.39 is 5.54 Å². The maximum atomic E-state index is 9.49. The Labute approximate surface area is 126 Å². The monoisotopic (exact) mass is 310 g/mol. The minimum Gasteiger partial charge on any atom is -0.306 e. The highest BCUT2D eigenvalue weighted by Crippen LogP contribution is 2.37. The molecule has 0 fully saturated rings. The highest BCUT2D eigenvalue weighted by atomic mass is 35.5. The molecule has 2 aromatic carbocycles. The van der Waals surface area contributed by atoms with Gasteiger partial charge in [-0.3, -0.25) is 0 Å². The van der Waals surface area contributed by atoms with E-state index in [0.29, 0.717) is 26.2 Å². The van der Waals surface area contributed by atoms with Gasteiger partial charge in [-0.1, -0.05) is 53.0 Å². The fourth-order valence-electron chi connectivity index (χ4n) is 1.85. The Balaban J connectivity index is 2.67. The predicted octanol–water partition coefficient (Wildman–Crippen LogP) is 4.37. The van der Waals surface area contributed by atoms with Crippen molar-refractivity contribution in [2.75, 3.05) is 0 Å². The second-order valence-electron chi connectivity index (χ2n) is 4.02. The van der Waals surface area contributed by atoms with Crippen LogP contribution in [-0.2, 0) is 5.54 Å². The summed E-state index contributed by atoms with van der Waals surface area (Å²) < 4.78 is 0. The molecule has 0 saturated heterocycles. The van der Waals surface area contributed by atoms with E-state index in [4.69, 9.17) is 40.5 Å². The maximum Gasteiger partial charge on any atom is 0.158 e. The van der Waals surface area contributed by atoms with Crippen LogP contribution in [0, 0.1) is 11.3 Å². The van der Waals surface area contributed by atoms with Crippen LogP contribution >= 0.6 is 34.8 Å². The third-order valence-electron chi connectivity index (χ3n) is 2.83. The molecule has 0 bridgehead atoms. The molecule has 1 unspecified atom stereocenters. The van der Waals surface area contributed by atoms with Gasteiger partial charge in [-0.25, -0.2) is 0 Å². The van der Waals surface area contributed by atoms with E-state index in [-0.39, 0.29) is 0 Å². The second-order valence-corrected chi connectivity index (χ2v) is 5.27. The van der Waals surface area contributed by atoms with Crippen molar-refractivity contribution in [1.29, 1.82) is 5.26 Å². The molecule has 2 N–H and O–H groups in total. The van der Waals surface area contributed by atoms with Crippen molar-refractivity contribution in [2.24, 2.45) is 5.73 Å². The van der Waals surface area contributed by atoms with Crippen molar-refractivity contribution in [1.82, 2.24) is 0 Å². The van der Waals surface area contributed by atoms with Gasteiger partial charge in [0.25, 0.3) is 0 Å². The number of nitrogens with zero attached hydrogens (tertiary/aromatic N) is 1. The molecule has 0 saturated carbocycles. The first-order valence-corrected chi connectivity index (χ1v) is 6.53. The minimum atomic E-state index is -1.42. The Morgan fingerprint density at radius 1 is 0.947 bits per heavy atom. The molecule has 0 aliphatic carbocycles. The maximum absolute atomic E-state index is 9.49. The SMILES string of the molecule is N#CC(N)(c1ccc(Cl)cc1)c1c(Cl)cccc1Cl. The van der Waals surface area contributed by atoms with Crippen LogP contribution in [0.15, 0.2) is 42.5 Å². The summed E-state index contributed by atoms with van der Waals surface area (Å²) in [6.07, 6.45) is 0. The summed E-state index contributed by atoms with van der Waals surface area (Å²) in [4.78, 5) is 0. The first-order valence-electron chi connectivity index (χ1n) is 5.39.